The molecule has 1 aromatic carbocycles. The van der Waals surface area contributed by atoms with E-state index in [9.17, 15) is 10.2 Å². The Bertz CT molecular complexity index is 361. The number of hydrogen-bond acceptors (Lipinski definition) is 2. The number of aromatic hydroxyl groups is 2. The molecule has 0 saturated heterocycles. The molecule has 76 valence electrons. The molecule has 0 fully saturated rings. The molecule has 0 amide bonds. The van der Waals surface area contributed by atoms with Gasteiger partial charge in [-0.1, -0.05) is 18.0 Å². The third-order valence-electron chi connectivity index (χ3n) is 2.80. The molecule has 2 nitrogen and oxygen atoms in total. The Kier molecular flexibility index (Phi) is 2.55. The van der Waals surface area contributed by atoms with E-state index in [2.05, 4.69) is 0 Å². The normalized spacial score (nSPS) is 16.1. The first-order valence-electron chi connectivity index (χ1n) is 4.92. The van der Waals surface area contributed by atoms with Crippen LogP contribution in [0.2, 0.25) is 5.02 Å². The van der Waals surface area contributed by atoms with Crippen LogP contribution in [0.5, 0.6) is 11.5 Å². The van der Waals surface area contributed by atoms with Crippen molar-refractivity contribution in [3.63, 3.8) is 0 Å². The van der Waals surface area contributed by atoms with Crippen molar-refractivity contribution in [2.24, 2.45) is 0 Å². The van der Waals surface area contributed by atoms with Gasteiger partial charge in [-0.3, -0.25) is 0 Å². The molecule has 0 aliphatic heterocycles. The van der Waals surface area contributed by atoms with Crippen LogP contribution in [0, 0.1) is 0 Å². The molecule has 1 aliphatic rings. The number of fused-ring (bicyclic) bond motifs is 1. The van der Waals surface area contributed by atoms with Crippen LogP contribution in [-0.2, 0) is 12.8 Å². The molecule has 0 unspecified atom stereocenters. The lowest BCUT2D eigenvalue weighted by atomic mass is 10.0. The first-order valence-corrected chi connectivity index (χ1v) is 5.30. The summed E-state index contributed by atoms with van der Waals surface area (Å²) in [4.78, 5) is 0. The Morgan fingerprint density at radius 1 is 1.00 bits per heavy atom. The van der Waals surface area contributed by atoms with Gasteiger partial charge in [-0.15, -0.1) is 0 Å². The smallest absolute Gasteiger partial charge is 0.176 e. The fourth-order valence-electron chi connectivity index (χ4n) is 2.01. The number of hydrogen-bond donors (Lipinski definition) is 2. The fraction of sp³-hybridized carbons (Fsp3) is 0.455. The lowest BCUT2D eigenvalue weighted by Crippen LogP contribution is -1.92. The highest BCUT2D eigenvalue weighted by Crippen LogP contribution is 2.40. The number of benzene rings is 1. The maximum absolute atomic E-state index is 9.71. The minimum atomic E-state index is -0.174. The van der Waals surface area contributed by atoms with Gasteiger partial charge < -0.3 is 10.2 Å². The Morgan fingerprint density at radius 3 is 2.50 bits per heavy atom. The number of halogens is 1. The summed E-state index contributed by atoms with van der Waals surface area (Å²) in [5.74, 6) is -0.193. The molecule has 2 N–H and O–H groups in total. The summed E-state index contributed by atoms with van der Waals surface area (Å²) >= 11 is 5.79. The van der Waals surface area contributed by atoms with E-state index in [4.69, 9.17) is 11.6 Å². The van der Waals surface area contributed by atoms with Crippen molar-refractivity contribution in [3.05, 3.63) is 22.2 Å². The van der Waals surface area contributed by atoms with Gasteiger partial charge >= 0.3 is 0 Å². The van der Waals surface area contributed by atoms with Crippen LogP contribution in [0.3, 0.4) is 0 Å². The maximum Gasteiger partial charge on any atom is 0.176 e. The summed E-state index contributed by atoms with van der Waals surface area (Å²) < 4.78 is 0. The van der Waals surface area contributed by atoms with Crippen LogP contribution >= 0.6 is 11.6 Å². The summed E-state index contributed by atoms with van der Waals surface area (Å²) in [6, 6.07) is 1.78. The van der Waals surface area contributed by atoms with Gasteiger partial charge in [0.2, 0.25) is 0 Å². The molecule has 0 radical (unpaired) electrons. The molecule has 2 rings (SSSR count). The highest BCUT2D eigenvalue weighted by Gasteiger charge is 2.17. The van der Waals surface area contributed by atoms with Gasteiger partial charge in [0.25, 0.3) is 0 Å². The highest BCUT2D eigenvalue weighted by molar-refractivity contribution is 6.32. The number of phenolic OH excluding ortho intramolecular Hbond substituents is 2. The molecule has 0 saturated carbocycles. The van der Waals surface area contributed by atoms with Crippen LogP contribution in [-0.4, -0.2) is 10.2 Å². The summed E-state index contributed by atoms with van der Waals surface area (Å²) in [5, 5.41) is 19.4. The SMILES string of the molecule is Oc1c(Cl)cc2c(c1O)CCCCC2. The van der Waals surface area contributed by atoms with E-state index in [1.165, 1.54) is 6.42 Å². The Hall–Kier alpha value is -0.890. The van der Waals surface area contributed by atoms with Crippen LogP contribution in [0.25, 0.3) is 0 Å². The van der Waals surface area contributed by atoms with E-state index >= 15 is 0 Å². The lowest BCUT2D eigenvalue weighted by Gasteiger charge is -2.10. The fourth-order valence-corrected chi connectivity index (χ4v) is 2.23. The van der Waals surface area contributed by atoms with Gasteiger partial charge in [0.15, 0.2) is 11.5 Å². The zero-order chi connectivity index (χ0) is 10.1. The second-order valence-corrected chi connectivity index (χ2v) is 4.16. The molecule has 3 heteroatoms. The van der Waals surface area contributed by atoms with E-state index in [1.54, 1.807) is 6.07 Å². The summed E-state index contributed by atoms with van der Waals surface area (Å²) in [5.41, 5.74) is 1.96. The summed E-state index contributed by atoms with van der Waals surface area (Å²) in [6.07, 6.45) is 5.16. The van der Waals surface area contributed by atoms with Crippen molar-refractivity contribution >= 4 is 11.6 Å². The van der Waals surface area contributed by atoms with Crippen molar-refractivity contribution in [1.82, 2.24) is 0 Å². The molecule has 1 aliphatic carbocycles. The molecule has 0 heterocycles. The van der Waals surface area contributed by atoms with Crippen LogP contribution in [0.1, 0.15) is 30.4 Å². The van der Waals surface area contributed by atoms with Gasteiger partial charge in [-0.2, -0.15) is 0 Å². The zero-order valence-electron chi connectivity index (χ0n) is 7.89. The first-order chi connectivity index (χ1) is 6.70. The molecule has 14 heavy (non-hydrogen) atoms. The third-order valence-corrected chi connectivity index (χ3v) is 3.09. The lowest BCUT2D eigenvalue weighted by molar-refractivity contribution is 0.399. The standard InChI is InChI=1S/C11H13ClO2/c12-9-6-7-4-2-1-3-5-8(7)10(13)11(9)14/h6,13-14H,1-5H2. The topological polar surface area (TPSA) is 40.5 Å². The quantitative estimate of drug-likeness (QED) is 0.513. The summed E-state index contributed by atoms with van der Waals surface area (Å²) in [6.45, 7) is 0. The maximum atomic E-state index is 9.71. The van der Waals surface area contributed by atoms with Gasteiger partial charge in [0, 0.05) is 5.56 Å². The zero-order valence-corrected chi connectivity index (χ0v) is 8.64. The van der Waals surface area contributed by atoms with Gasteiger partial charge in [-0.25, -0.2) is 0 Å². The first kappa shape index (κ1) is 9.66. The molecular weight excluding hydrogens is 200 g/mol. The van der Waals surface area contributed by atoms with Crippen LogP contribution < -0.4 is 0 Å². The van der Waals surface area contributed by atoms with E-state index in [0.29, 0.717) is 0 Å². The van der Waals surface area contributed by atoms with Crippen molar-refractivity contribution in [2.45, 2.75) is 32.1 Å². The Morgan fingerprint density at radius 2 is 1.71 bits per heavy atom. The molecule has 0 spiro atoms. The number of rotatable bonds is 0. The van der Waals surface area contributed by atoms with Crippen molar-refractivity contribution in [3.8, 4) is 11.5 Å². The third kappa shape index (κ3) is 1.55. The molecule has 1 aromatic rings. The van der Waals surface area contributed by atoms with Gasteiger partial charge in [0.05, 0.1) is 5.02 Å². The molecule has 0 aromatic heterocycles. The minimum Gasteiger partial charge on any atom is -0.504 e. The second-order valence-electron chi connectivity index (χ2n) is 3.75. The average molecular weight is 213 g/mol. The van der Waals surface area contributed by atoms with Crippen LogP contribution in [0.4, 0.5) is 0 Å². The predicted molar refractivity (Wildman–Crippen MR) is 56.0 cm³/mol. The van der Waals surface area contributed by atoms with Crippen molar-refractivity contribution < 1.29 is 10.2 Å². The molecular formula is C11H13ClO2. The number of phenols is 2. The summed E-state index contributed by atoms with van der Waals surface area (Å²) in [7, 11) is 0. The predicted octanol–water partition coefficient (Wildman–Crippen LogP) is 3.02. The Balaban J connectivity index is 2.55. The highest BCUT2D eigenvalue weighted by atomic mass is 35.5. The van der Waals surface area contributed by atoms with E-state index in [0.717, 1.165) is 36.8 Å². The second kappa shape index (κ2) is 3.70. The minimum absolute atomic E-state index is 0.0191. The van der Waals surface area contributed by atoms with Gasteiger partial charge in [0.1, 0.15) is 0 Å². The number of aryl methyl sites for hydroxylation is 1. The molecule has 0 bridgehead atoms. The van der Waals surface area contributed by atoms with E-state index < -0.39 is 0 Å². The average Bonchev–Trinajstić information content (AvgIpc) is 2.39. The Labute approximate surface area is 88.1 Å². The van der Waals surface area contributed by atoms with E-state index in [1.807, 2.05) is 0 Å². The molecule has 0 atom stereocenters. The van der Waals surface area contributed by atoms with Crippen molar-refractivity contribution in [1.29, 1.82) is 0 Å². The largest absolute Gasteiger partial charge is 0.504 e. The van der Waals surface area contributed by atoms with Gasteiger partial charge in [-0.05, 0) is 37.3 Å². The van der Waals surface area contributed by atoms with Crippen LogP contribution in [0.15, 0.2) is 6.07 Å². The van der Waals surface area contributed by atoms with Crippen molar-refractivity contribution in [2.75, 3.05) is 0 Å². The monoisotopic (exact) mass is 212 g/mol. The van der Waals surface area contributed by atoms with E-state index in [-0.39, 0.29) is 16.5 Å².